The summed E-state index contributed by atoms with van der Waals surface area (Å²) in [4.78, 5) is 0. The molecule has 82 valence electrons. The van der Waals surface area contributed by atoms with Gasteiger partial charge in [0.2, 0.25) is 0 Å². The van der Waals surface area contributed by atoms with Gasteiger partial charge in [-0.05, 0) is 19.4 Å². The van der Waals surface area contributed by atoms with E-state index >= 15 is 0 Å². The first kappa shape index (κ1) is 10.4. The van der Waals surface area contributed by atoms with E-state index in [4.69, 9.17) is 0 Å². The molecule has 0 amide bonds. The third-order valence-corrected chi connectivity index (χ3v) is 2.55. The molecule has 0 bridgehead atoms. The Morgan fingerprint density at radius 2 is 1.67 bits per heavy atom. The average Bonchev–Trinajstić information content (AvgIpc) is 2.69. The first-order valence-electron chi connectivity index (χ1n) is 4.67. The van der Waals surface area contributed by atoms with E-state index in [-0.39, 0.29) is 6.07 Å². The van der Waals surface area contributed by atoms with Crippen molar-refractivity contribution in [1.82, 2.24) is 5.32 Å². The Morgan fingerprint density at radius 3 is 2.13 bits per heavy atom. The molecule has 1 aromatic carbocycles. The molecular formula is C10H9F4N. The third kappa shape index (κ3) is 1.71. The summed E-state index contributed by atoms with van der Waals surface area (Å²) in [5.41, 5.74) is -0.523. The van der Waals surface area contributed by atoms with Crippen molar-refractivity contribution in [1.29, 1.82) is 0 Å². The maximum Gasteiger partial charge on any atom is 0.166 e. The minimum atomic E-state index is -1.35. The first-order valence-corrected chi connectivity index (χ1v) is 4.67. The highest BCUT2D eigenvalue weighted by Crippen LogP contribution is 2.30. The van der Waals surface area contributed by atoms with Gasteiger partial charge >= 0.3 is 0 Å². The summed E-state index contributed by atoms with van der Waals surface area (Å²) >= 11 is 0. The molecule has 0 aromatic heterocycles. The SMILES string of the molecule is Fc1cc(F)c(F)c([C@H]2CCCN2)c1F. The van der Waals surface area contributed by atoms with Gasteiger partial charge in [0.15, 0.2) is 23.3 Å². The van der Waals surface area contributed by atoms with Crippen LogP contribution in [0, 0.1) is 23.3 Å². The molecule has 1 fully saturated rings. The minimum absolute atomic E-state index is 0.225. The Labute approximate surface area is 84.1 Å². The van der Waals surface area contributed by atoms with Gasteiger partial charge < -0.3 is 5.32 Å². The lowest BCUT2D eigenvalue weighted by molar-refractivity contribution is 0.420. The van der Waals surface area contributed by atoms with Gasteiger partial charge in [-0.2, -0.15) is 0 Å². The number of benzene rings is 1. The average molecular weight is 219 g/mol. The third-order valence-electron chi connectivity index (χ3n) is 2.55. The summed E-state index contributed by atoms with van der Waals surface area (Å²) in [5.74, 6) is -5.29. The Bertz CT molecular complexity index is 359. The Balaban J connectivity index is 2.52. The van der Waals surface area contributed by atoms with E-state index in [9.17, 15) is 17.6 Å². The van der Waals surface area contributed by atoms with Crippen molar-refractivity contribution >= 4 is 0 Å². The van der Waals surface area contributed by atoms with Crippen LogP contribution in [0.1, 0.15) is 24.4 Å². The van der Waals surface area contributed by atoms with E-state index in [1.807, 2.05) is 0 Å². The van der Waals surface area contributed by atoms with Crippen LogP contribution >= 0.6 is 0 Å². The molecule has 1 aliphatic rings. The predicted molar refractivity (Wildman–Crippen MR) is 46.3 cm³/mol. The second kappa shape index (κ2) is 3.81. The fourth-order valence-corrected chi connectivity index (χ4v) is 1.83. The predicted octanol–water partition coefficient (Wildman–Crippen LogP) is 2.67. The molecule has 1 heterocycles. The Morgan fingerprint density at radius 1 is 1.07 bits per heavy atom. The molecule has 1 aliphatic heterocycles. The van der Waals surface area contributed by atoms with E-state index in [2.05, 4.69) is 5.32 Å². The molecule has 0 aliphatic carbocycles. The largest absolute Gasteiger partial charge is 0.310 e. The second-order valence-electron chi connectivity index (χ2n) is 3.53. The number of rotatable bonds is 1. The summed E-state index contributed by atoms with van der Waals surface area (Å²) in [5, 5.41) is 2.80. The molecule has 2 rings (SSSR count). The van der Waals surface area contributed by atoms with Crippen molar-refractivity contribution < 1.29 is 17.6 Å². The quantitative estimate of drug-likeness (QED) is 0.565. The number of hydrogen-bond acceptors (Lipinski definition) is 1. The van der Waals surface area contributed by atoms with E-state index in [1.54, 1.807) is 0 Å². The molecule has 1 atom stereocenters. The lowest BCUT2D eigenvalue weighted by atomic mass is 10.0. The zero-order chi connectivity index (χ0) is 11.0. The maximum absolute atomic E-state index is 13.3. The van der Waals surface area contributed by atoms with Gasteiger partial charge in [0.25, 0.3) is 0 Å². The van der Waals surface area contributed by atoms with Gasteiger partial charge in [-0.25, -0.2) is 17.6 Å². The fraction of sp³-hybridized carbons (Fsp3) is 0.400. The Kier molecular flexibility index (Phi) is 2.65. The zero-order valence-electron chi connectivity index (χ0n) is 7.79. The molecule has 5 heteroatoms. The van der Waals surface area contributed by atoms with Crippen molar-refractivity contribution in [2.24, 2.45) is 0 Å². The molecule has 1 nitrogen and oxygen atoms in total. The van der Waals surface area contributed by atoms with Gasteiger partial charge in [-0.1, -0.05) is 0 Å². The van der Waals surface area contributed by atoms with Crippen molar-refractivity contribution in [2.45, 2.75) is 18.9 Å². The highest BCUT2D eigenvalue weighted by Gasteiger charge is 2.27. The van der Waals surface area contributed by atoms with E-state index in [1.165, 1.54) is 0 Å². The lowest BCUT2D eigenvalue weighted by Gasteiger charge is -2.13. The second-order valence-corrected chi connectivity index (χ2v) is 3.53. The van der Waals surface area contributed by atoms with Crippen molar-refractivity contribution in [3.05, 3.63) is 34.9 Å². The summed E-state index contributed by atoms with van der Waals surface area (Å²) < 4.78 is 52.3. The topological polar surface area (TPSA) is 12.0 Å². The summed E-state index contributed by atoms with van der Waals surface area (Å²) in [6.45, 7) is 0.599. The lowest BCUT2D eigenvalue weighted by Crippen LogP contribution is -2.17. The van der Waals surface area contributed by atoms with Gasteiger partial charge in [0.1, 0.15) is 0 Å². The van der Waals surface area contributed by atoms with Gasteiger partial charge in [0, 0.05) is 17.7 Å². The molecule has 0 radical (unpaired) electrons. The Hall–Kier alpha value is -1.10. The highest BCUT2D eigenvalue weighted by atomic mass is 19.2. The fourth-order valence-electron chi connectivity index (χ4n) is 1.83. The standard InChI is InChI=1S/C10H9F4N/c11-5-4-6(12)10(14)8(9(5)13)7-2-1-3-15-7/h4,7,15H,1-3H2/t7-/m1/s1. The number of nitrogens with one attached hydrogen (secondary N) is 1. The van der Waals surface area contributed by atoms with Crippen LogP contribution in [-0.4, -0.2) is 6.54 Å². The maximum atomic E-state index is 13.3. The van der Waals surface area contributed by atoms with E-state index < -0.39 is 34.9 Å². The molecule has 0 unspecified atom stereocenters. The van der Waals surface area contributed by atoms with Crippen molar-refractivity contribution in [3.8, 4) is 0 Å². The summed E-state index contributed by atoms with van der Waals surface area (Å²) in [6.07, 6.45) is 1.22. The summed E-state index contributed by atoms with van der Waals surface area (Å²) in [6, 6.07) is -0.404. The molecular weight excluding hydrogens is 210 g/mol. The molecule has 1 N–H and O–H groups in total. The normalized spacial score (nSPS) is 20.9. The van der Waals surface area contributed by atoms with E-state index in [0.717, 1.165) is 6.42 Å². The number of halogens is 4. The van der Waals surface area contributed by atoms with Crippen LogP contribution in [-0.2, 0) is 0 Å². The molecule has 0 spiro atoms. The molecule has 1 aromatic rings. The van der Waals surface area contributed by atoms with Crippen LogP contribution in [0.3, 0.4) is 0 Å². The van der Waals surface area contributed by atoms with E-state index in [0.29, 0.717) is 13.0 Å². The van der Waals surface area contributed by atoms with Crippen molar-refractivity contribution in [3.63, 3.8) is 0 Å². The van der Waals surface area contributed by atoms with Crippen molar-refractivity contribution in [2.75, 3.05) is 6.54 Å². The summed E-state index contributed by atoms with van der Waals surface area (Å²) in [7, 11) is 0. The van der Waals surface area contributed by atoms with Gasteiger partial charge in [-0.3, -0.25) is 0 Å². The van der Waals surface area contributed by atoms with Crippen LogP contribution in [0.4, 0.5) is 17.6 Å². The van der Waals surface area contributed by atoms with Crippen LogP contribution in [0.2, 0.25) is 0 Å². The van der Waals surface area contributed by atoms with Crippen LogP contribution in [0.5, 0.6) is 0 Å². The van der Waals surface area contributed by atoms with Crippen LogP contribution < -0.4 is 5.32 Å². The van der Waals surface area contributed by atoms with Crippen LogP contribution in [0.25, 0.3) is 0 Å². The highest BCUT2D eigenvalue weighted by molar-refractivity contribution is 5.26. The molecule has 1 saturated heterocycles. The van der Waals surface area contributed by atoms with Gasteiger partial charge in [0.05, 0.1) is 0 Å². The monoisotopic (exact) mass is 219 g/mol. The van der Waals surface area contributed by atoms with Crippen LogP contribution in [0.15, 0.2) is 6.07 Å². The molecule has 0 saturated carbocycles. The molecule has 15 heavy (non-hydrogen) atoms. The minimum Gasteiger partial charge on any atom is -0.310 e. The zero-order valence-corrected chi connectivity index (χ0v) is 7.79. The van der Waals surface area contributed by atoms with Gasteiger partial charge in [-0.15, -0.1) is 0 Å². The smallest absolute Gasteiger partial charge is 0.166 e. The first-order chi connectivity index (χ1) is 7.11. The number of hydrogen-bond donors (Lipinski definition) is 1.